The van der Waals surface area contributed by atoms with E-state index in [-0.39, 0.29) is 0 Å². The zero-order valence-electron chi connectivity index (χ0n) is 25.6. The van der Waals surface area contributed by atoms with E-state index in [4.69, 9.17) is 9.47 Å². The van der Waals surface area contributed by atoms with Gasteiger partial charge in [0.15, 0.2) is 0 Å². The number of hydrogen-bond acceptors (Lipinski definition) is 4. The minimum Gasteiger partial charge on any atom is -0.380 e. The molecule has 2 saturated heterocycles. The molecule has 2 aliphatic heterocycles. The normalized spacial score (nSPS) is 46.6. The van der Waals surface area contributed by atoms with Crippen LogP contribution in [0.2, 0.25) is 0 Å². The van der Waals surface area contributed by atoms with Gasteiger partial charge in [0.05, 0.1) is 13.2 Å². The Hall–Kier alpha value is -0.160. The molecule has 8 aliphatic rings. The first-order valence-corrected chi connectivity index (χ1v) is 18.6. The molecular formula is C36H60N2O2. The Kier molecular flexibility index (Phi) is 8.28. The van der Waals surface area contributed by atoms with E-state index in [2.05, 4.69) is 9.80 Å². The fourth-order valence-corrected chi connectivity index (χ4v) is 12.9. The van der Waals surface area contributed by atoms with Gasteiger partial charge in [-0.15, -0.1) is 0 Å². The van der Waals surface area contributed by atoms with Gasteiger partial charge in [0.25, 0.3) is 0 Å². The Balaban J connectivity index is 1.08. The minimum absolute atomic E-state index is 0.713. The van der Waals surface area contributed by atoms with Gasteiger partial charge in [-0.2, -0.15) is 0 Å². The molecule has 0 amide bonds. The lowest BCUT2D eigenvalue weighted by Crippen LogP contribution is -2.64. The number of hydrogen-bond donors (Lipinski definition) is 0. The zero-order chi connectivity index (χ0) is 26.5. The maximum Gasteiger partial charge on any atom is 0.0622 e. The van der Waals surface area contributed by atoms with Gasteiger partial charge in [-0.25, -0.2) is 0 Å². The fourth-order valence-electron chi connectivity index (χ4n) is 12.9. The van der Waals surface area contributed by atoms with Gasteiger partial charge in [-0.3, -0.25) is 9.80 Å². The molecular weight excluding hydrogens is 492 g/mol. The Labute approximate surface area is 245 Å². The lowest BCUT2D eigenvalue weighted by atomic mass is 9.46. The lowest BCUT2D eigenvalue weighted by molar-refractivity contribution is -0.146. The highest BCUT2D eigenvalue weighted by Gasteiger charge is 2.58. The van der Waals surface area contributed by atoms with Gasteiger partial charge in [-0.05, 0) is 125 Å². The topological polar surface area (TPSA) is 24.9 Å². The first kappa shape index (κ1) is 27.4. The Morgan fingerprint density at radius 2 is 0.800 bits per heavy atom. The van der Waals surface area contributed by atoms with Crippen molar-refractivity contribution in [3.8, 4) is 0 Å². The maximum atomic E-state index is 6.08. The molecule has 10 unspecified atom stereocenters. The lowest BCUT2D eigenvalue weighted by Gasteiger charge is -2.64. The van der Waals surface area contributed by atoms with Crippen LogP contribution in [-0.2, 0) is 9.47 Å². The molecule has 0 aromatic carbocycles. The summed E-state index contributed by atoms with van der Waals surface area (Å²) in [4.78, 5) is 6.36. The van der Waals surface area contributed by atoms with E-state index < -0.39 is 0 Å². The summed E-state index contributed by atoms with van der Waals surface area (Å²) in [6.07, 6.45) is 29.5. The molecule has 2 heterocycles. The van der Waals surface area contributed by atoms with Crippen LogP contribution in [0, 0.1) is 35.5 Å². The summed E-state index contributed by atoms with van der Waals surface area (Å²) in [6, 6.07) is 4.84. The summed E-state index contributed by atoms with van der Waals surface area (Å²) in [5.41, 5.74) is 0. The van der Waals surface area contributed by atoms with Crippen molar-refractivity contribution in [1.82, 2.24) is 9.80 Å². The van der Waals surface area contributed by atoms with Crippen LogP contribution >= 0.6 is 0 Å². The van der Waals surface area contributed by atoms with E-state index in [1.807, 2.05) is 0 Å². The largest absolute Gasteiger partial charge is 0.380 e. The van der Waals surface area contributed by atoms with Crippen LogP contribution in [0.1, 0.15) is 128 Å². The number of rotatable bonds is 6. The first-order valence-electron chi connectivity index (χ1n) is 18.6. The zero-order valence-corrected chi connectivity index (χ0v) is 25.6. The van der Waals surface area contributed by atoms with Crippen molar-refractivity contribution >= 4 is 0 Å². The standard InChI is InChI=1S/C36H60N2O2/c1-3-7-27(8-4-1)37(29-19-21-39-23-29)33-17-13-25-12-16-32-34(18-14-26-11-15-31(33)35(25)36(26)32)38(30-20-22-40-24-30)28-9-5-2-6-10-28/h25-36H,1-24H2. The van der Waals surface area contributed by atoms with Crippen LogP contribution in [0.5, 0.6) is 0 Å². The van der Waals surface area contributed by atoms with Crippen molar-refractivity contribution in [2.24, 2.45) is 35.5 Å². The van der Waals surface area contributed by atoms with Crippen molar-refractivity contribution < 1.29 is 9.47 Å². The average molecular weight is 553 g/mol. The predicted molar refractivity (Wildman–Crippen MR) is 161 cm³/mol. The van der Waals surface area contributed by atoms with E-state index in [0.717, 1.165) is 86.1 Å². The molecule has 0 radical (unpaired) electrons. The number of nitrogens with zero attached hydrogens (tertiary/aromatic N) is 2. The van der Waals surface area contributed by atoms with E-state index in [1.165, 1.54) is 103 Å². The molecule has 10 atom stereocenters. The average Bonchev–Trinajstić information content (AvgIpc) is 3.74. The highest BCUT2D eigenvalue weighted by atomic mass is 16.5. The minimum atomic E-state index is 0.713. The smallest absolute Gasteiger partial charge is 0.0622 e. The molecule has 40 heavy (non-hydrogen) atoms. The van der Waals surface area contributed by atoms with Crippen molar-refractivity contribution in [2.45, 2.75) is 165 Å². The molecule has 6 aliphatic carbocycles. The Bertz CT molecular complexity index is 759. The summed E-state index contributed by atoms with van der Waals surface area (Å²) < 4.78 is 12.2. The molecule has 6 saturated carbocycles. The van der Waals surface area contributed by atoms with Crippen LogP contribution in [0.15, 0.2) is 0 Å². The van der Waals surface area contributed by atoms with Gasteiger partial charge in [-0.1, -0.05) is 38.5 Å². The number of ether oxygens (including phenoxy) is 2. The second-order valence-electron chi connectivity index (χ2n) is 16.0. The molecule has 0 N–H and O–H groups in total. The third-order valence-electron chi connectivity index (χ3n) is 14.3. The molecule has 8 rings (SSSR count). The van der Waals surface area contributed by atoms with Crippen LogP contribution < -0.4 is 0 Å². The van der Waals surface area contributed by atoms with Gasteiger partial charge in [0, 0.05) is 49.5 Å². The summed E-state index contributed by atoms with van der Waals surface area (Å²) >= 11 is 0. The molecule has 0 aromatic rings. The molecule has 4 nitrogen and oxygen atoms in total. The van der Waals surface area contributed by atoms with Crippen molar-refractivity contribution in [1.29, 1.82) is 0 Å². The first-order chi connectivity index (χ1) is 19.9. The highest BCUT2D eigenvalue weighted by molar-refractivity contribution is 5.09. The van der Waals surface area contributed by atoms with E-state index in [1.54, 1.807) is 25.7 Å². The van der Waals surface area contributed by atoms with Crippen molar-refractivity contribution in [3.63, 3.8) is 0 Å². The Morgan fingerprint density at radius 1 is 0.375 bits per heavy atom. The molecule has 0 aromatic heterocycles. The van der Waals surface area contributed by atoms with Crippen molar-refractivity contribution in [2.75, 3.05) is 26.4 Å². The quantitative estimate of drug-likeness (QED) is 0.342. The second kappa shape index (κ2) is 12.1. The van der Waals surface area contributed by atoms with Crippen LogP contribution in [0.3, 0.4) is 0 Å². The molecule has 8 fully saturated rings. The monoisotopic (exact) mass is 552 g/mol. The van der Waals surface area contributed by atoms with Crippen LogP contribution in [0.25, 0.3) is 0 Å². The van der Waals surface area contributed by atoms with Crippen LogP contribution in [0.4, 0.5) is 0 Å². The van der Waals surface area contributed by atoms with Crippen molar-refractivity contribution in [3.05, 3.63) is 0 Å². The molecule has 0 bridgehead atoms. The summed E-state index contributed by atoms with van der Waals surface area (Å²) in [6.45, 7) is 4.05. The summed E-state index contributed by atoms with van der Waals surface area (Å²) in [7, 11) is 0. The van der Waals surface area contributed by atoms with Gasteiger partial charge >= 0.3 is 0 Å². The SMILES string of the molecule is C1CCC(N(C2CCOC2)C2CCC3CCC4C5C(CCC2C35)CCC4N(C2CCCCC2)C2CCOC2)CC1. The molecule has 0 spiro atoms. The summed E-state index contributed by atoms with van der Waals surface area (Å²) in [5.74, 6) is 6.08. The summed E-state index contributed by atoms with van der Waals surface area (Å²) in [5, 5.41) is 0. The maximum absolute atomic E-state index is 6.08. The Morgan fingerprint density at radius 3 is 1.20 bits per heavy atom. The third kappa shape index (κ3) is 4.95. The second-order valence-corrected chi connectivity index (χ2v) is 16.0. The predicted octanol–water partition coefficient (Wildman–Crippen LogP) is 7.44. The third-order valence-corrected chi connectivity index (χ3v) is 14.3. The van der Waals surface area contributed by atoms with E-state index in [9.17, 15) is 0 Å². The van der Waals surface area contributed by atoms with Gasteiger partial charge in [0.1, 0.15) is 0 Å². The van der Waals surface area contributed by atoms with Gasteiger partial charge < -0.3 is 9.47 Å². The van der Waals surface area contributed by atoms with E-state index >= 15 is 0 Å². The van der Waals surface area contributed by atoms with Crippen LogP contribution in [-0.4, -0.2) is 72.5 Å². The molecule has 4 heteroatoms. The van der Waals surface area contributed by atoms with E-state index in [0.29, 0.717) is 12.1 Å². The highest BCUT2D eigenvalue weighted by Crippen LogP contribution is 2.62. The van der Waals surface area contributed by atoms with Gasteiger partial charge in [0.2, 0.25) is 0 Å². The molecule has 226 valence electrons. The fraction of sp³-hybridized carbons (Fsp3) is 1.00.